The summed E-state index contributed by atoms with van der Waals surface area (Å²) in [5.41, 5.74) is 16.6. The lowest BCUT2D eigenvalue weighted by Gasteiger charge is -2.12. The summed E-state index contributed by atoms with van der Waals surface area (Å²) in [6.07, 6.45) is 0. The van der Waals surface area contributed by atoms with Crippen molar-refractivity contribution in [1.29, 1.82) is 5.41 Å². The van der Waals surface area contributed by atoms with E-state index in [4.69, 9.17) is 11.1 Å². The van der Waals surface area contributed by atoms with Crippen LogP contribution in [0, 0.1) is 5.41 Å². The minimum atomic E-state index is 0.115. The highest BCUT2D eigenvalue weighted by Crippen LogP contribution is 2.30. The summed E-state index contributed by atoms with van der Waals surface area (Å²) < 4.78 is 0. The average molecular weight is 528 g/mol. The molecule has 0 amide bonds. The third kappa shape index (κ3) is 5.90. The van der Waals surface area contributed by atoms with Crippen LogP contribution in [-0.4, -0.2) is 11.7 Å². The first-order chi connectivity index (χ1) is 20.1. The van der Waals surface area contributed by atoms with Crippen LogP contribution in [0.5, 0.6) is 0 Å². The third-order valence-corrected chi connectivity index (χ3v) is 7.10. The van der Waals surface area contributed by atoms with E-state index in [2.05, 4.69) is 65.7 Å². The number of benzene rings is 6. The molecule has 3 nitrogen and oxygen atoms in total. The highest BCUT2D eigenvalue weighted by atomic mass is 14.9. The van der Waals surface area contributed by atoms with Gasteiger partial charge in [-0.25, -0.2) is 4.99 Å². The van der Waals surface area contributed by atoms with Gasteiger partial charge in [-0.15, -0.1) is 0 Å². The molecule has 0 saturated heterocycles. The smallest absolute Gasteiger partial charge is 0.154 e. The minimum Gasteiger partial charge on any atom is -0.383 e. The molecule has 0 aliphatic rings. The molecule has 0 spiro atoms. The van der Waals surface area contributed by atoms with Crippen LogP contribution in [0.3, 0.4) is 0 Å². The van der Waals surface area contributed by atoms with Gasteiger partial charge >= 0.3 is 0 Å². The first-order valence-corrected chi connectivity index (χ1v) is 13.6. The van der Waals surface area contributed by atoms with Crippen molar-refractivity contribution in [3.63, 3.8) is 0 Å². The number of nitrogens with one attached hydrogen (secondary N) is 1. The number of nitrogens with zero attached hydrogens (tertiary/aromatic N) is 1. The van der Waals surface area contributed by atoms with E-state index in [0.717, 1.165) is 50.1 Å². The molecule has 0 aliphatic heterocycles. The van der Waals surface area contributed by atoms with Crippen molar-refractivity contribution >= 4 is 11.7 Å². The standard InChI is InChI=1S/C38H29N3/c39-37(35-23-31(27-13-5-1-6-14-27)21-32(24-35)28-15-7-2-8-16-28)41-38(40)36-25-33(29-17-9-3-10-18-29)22-34(26-36)30-19-11-4-12-20-30/h1-26H,(H3,39,40,41). The minimum absolute atomic E-state index is 0.115. The Balaban J connectivity index is 1.43. The van der Waals surface area contributed by atoms with Crippen LogP contribution in [0.2, 0.25) is 0 Å². The fourth-order valence-electron chi connectivity index (χ4n) is 4.98. The molecule has 3 heteroatoms. The van der Waals surface area contributed by atoms with Gasteiger partial charge in [0.2, 0.25) is 0 Å². The zero-order chi connectivity index (χ0) is 28.0. The van der Waals surface area contributed by atoms with Gasteiger partial charge in [0.15, 0.2) is 5.84 Å². The predicted molar refractivity (Wildman–Crippen MR) is 172 cm³/mol. The number of hydrogen-bond donors (Lipinski definition) is 2. The Labute approximate surface area is 240 Å². The second kappa shape index (κ2) is 11.7. The molecular weight excluding hydrogens is 498 g/mol. The van der Waals surface area contributed by atoms with Crippen molar-refractivity contribution in [1.82, 2.24) is 0 Å². The second-order valence-electron chi connectivity index (χ2n) is 9.91. The molecule has 0 aromatic heterocycles. The molecule has 3 N–H and O–H groups in total. The van der Waals surface area contributed by atoms with Gasteiger partial charge in [-0.05, 0) is 80.9 Å². The zero-order valence-electron chi connectivity index (χ0n) is 22.5. The Kier molecular flexibility index (Phi) is 7.33. The topological polar surface area (TPSA) is 62.2 Å². The number of hydrogen-bond acceptors (Lipinski definition) is 1. The highest BCUT2D eigenvalue weighted by Gasteiger charge is 2.12. The van der Waals surface area contributed by atoms with Crippen LogP contribution in [0.15, 0.2) is 163 Å². The second-order valence-corrected chi connectivity index (χ2v) is 9.91. The molecule has 41 heavy (non-hydrogen) atoms. The van der Waals surface area contributed by atoms with Gasteiger partial charge in [0.1, 0.15) is 5.84 Å². The van der Waals surface area contributed by atoms with Crippen LogP contribution < -0.4 is 5.73 Å². The highest BCUT2D eigenvalue weighted by molar-refractivity contribution is 6.11. The molecule has 0 saturated carbocycles. The maximum Gasteiger partial charge on any atom is 0.154 e. The lowest BCUT2D eigenvalue weighted by atomic mass is 9.95. The van der Waals surface area contributed by atoms with Crippen molar-refractivity contribution in [2.24, 2.45) is 10.7 Å². The van der Waals surface area contributed by atoms with E-state index in [1.54, 1.807) is 0 Å². The normalized spacial score (nSPS) is 11.3. The lowest BCUT2D eigenvalue weighted by molar-refractivity contribution is 1.39. The van der Waals surface area contributed by atoms with E-state index in [-0.39, 0.29) is 5.84 Å². The van der Waals surface area contributed by atoms with Crippen LogP contribution in [0.25, 0.3) is 44.5 Å². The molecule has 0 heterocycles. The Morgan fingerprint density at radius 2 is 0.683 bits per heavy atom. The van der Waals surface area contributed by atoms with E-state index >= 15 is 0 Å². The fourth-order valence-corrected chi connectivity index (χ4v) is 4.98. The van der Waals surface area contributed by atoms with E-state index in [1.165, 1.54) is 0 Å². The van der Waals surface area contributed by atoms with Crippen molar-refractivity contribution in [3.8, 4) is 44.5 Å². The maximum atomic E-state index is 9.00. The van der Waals surface area contributed by atoms with E-state index in [0.29, 0.717) is 11.4 Å². The van der Waals surface area contributed by atoms with Gasteiger partial charge < -0.3 is 5.73 Å². The lowest BCUT2D eigenvalue weighted by Crippen LogP contribution is -2.16. The number of amidine groups is 2. The number of rotatable bonds is 6. The molecule has 0 fully saturated rings. The molecule has 196 valence electrons. The zero-order valence-corrected chi connectivity index (χ0v) is 22.5. The summed E-state index contributed by atoms with van der Waals surface area (Å²) in [5, 5.41) is 9.00. The summed E-state index contributed by atoms with van der Waals surface area (Å²) in [5.74, 6) is 0.417. The van der Waals surface area contributed by atoms with Gasteiger partial charge in [-0.1, -0.05) is 121 Å². The van der Waals surface area contributed by atoms with Gasteiger partial charge in [-0.2, -0.15) is 0 Å². The molecule has 6 rings (SSSR count). The van der Waals surface area contributed by atoms with Crippen molar-refractivity contribution in [3.05, 3.63) is 169 Å². The summed E-state index contributed by atoms with van der Waals surface area (Å²) >= 11 is 0. The average Bonchev–Trinajstić information content (AvgIpc) is 3.06. The third-order valence-electron chi connectivity index (χ3n) is 7.10. The molecule has 0 atom stereocenters. The Morgan fingerprint density at radius 1 is 0.390 bits per heavy atom. The Hall–Kier alpha value is -5.54. The molecule has 0 bridgehead atoms. The summed E-state index contributed by atoms with van der Waals surface area (Å²) in [7, 11) is 0. The fraction of sp³-hybridized carbons (Fsp3) is 0. The van der Waals surface area contributed by atoms with Gasteiger partial charge in [0, 0.05) is 11.1 Å². The Bertz CT molecular complexity index is 1710. The van der Waals surface area contributed by atoms with Crippen LogP contribution in [0.1, 0.15) is 11.1 Å². The number of nitrogens with two attached hydrogens (primary N) is 1. The van der Waals surface area contributed by atoms with Crippen LogP contribution in [0.4, 0.5) is 0 Å². The first kappa shape index (κ1) is 25.7. The van der Waals surface area contributed by atoms with Gasteiger partial charge in [0.05, 0.1) is 0 Å². The van der Waals surface area contributed by atoms with Crippen LogP contribution in [-0.2, 0) is 0 Å². The largest absolute Gasteiger partial charge is 0.383 e. The van der Waals surface area contributed by atoms with Gasteiger partial charge in [-0.3, -0.25) is 5.41 Å². The predicted octanol–water partition coefficient (Wildman–Crippen LogP) is 9.09. The quantitative estimate of drug-likeness (QED) is 0.165. The van der Waals surface area contributed by atoms with Crippen molar-refractivity contribution in [2.45, 2.75) is 0 Å². The van der Waals surface area contributed by atoms with Crippen molar-refractivity contribution < 1.29 is 0 Å². The maximum absolute atomic E-state index is 9.00. The van der Waals surface area contributed by atoms with Crippen LogP contribution >= 0.6 is 0 Å². The molecule has 0 aliphatic carbocycles. The van der Waals surface area contributed by atoms with E-state index in [9.17, 15) is 0 Å². The van der Waals surface area contributed by atoms with E-state index < -0.39 is 0 Å². The summed E-state index contributed by atoms with van der Waals surface area (Å²) in [6.45, 7) is 0. The molecule has 6 aromatic rings. The monoisotopic (exact) mass is 527 g/mol. The summed E-state index contributed by atoms with van der Waals surface area (Å²) in [6, 6.07) is 53.3. The van der Waals surface area contributed by atoms with E-state index in [1.807, 2.05) is 97.1 Å². The first-order valence-electron chi connectivity index (χ1n) is 13.6. The Morgan fingerprint density at radius 3 is 1.00 bits per heavy atom. The SMILES string of the molecule is N=C(/N=C(\N)c1cc(-c2ccccc2)cc(-c2ccccc2)c1)c1cc(-c2ccccc2)cc(-c2ccccc2)c1. The number of aliphatic imine (C=N–C) groups is 1. The molecular formula is C38H29N3. The molecule has 6 aromatic carbocycles. The summed E-state index contributed by atoms with van der Waals surface area (Å²) in [4.78, 5) is 4.63. The molecule has 0 unspecified atom stereocenters. The van der Waals surface area contributed by atoms with Gasteiger partial charge in [0.25, 0.3) is 0 Å². The molecule has 0 radical (unpaired) electrons. The van der Waals surface area contributed by atoms with Crippen molar-refractivity contribution in [2.75, 3.05) is 0 Å².